The van der Waals surface area contributed by atoms with Crippen molar-refractivity contribution in [3.8, 4) is 11.5 Å². The molecule has 0 spiro atoms. The third kappa shape index (κ3) is 4.59. The molecular formula is C14H10F6N2O3. The molecular weight excluding hydrogens is 358 g/mol. The van der Waals surface area contributed by atoms with Gasteiger partial charge in [0.05, 0.1) is 0 Å². The van der Waals surface area contributed by atoms with Crippen molar-refractivity contribution in [2.45, 2.75) is 12.4 Å². The lowest BCUT2D eigenvalue weighted by atomic mass is 10.2. The predicted octanol–water partition coefficient (Wildman–Crippen LogP) is 4.19. The molecule has 0 aliphatic carbocycles. The monoisotopic (exact) mass is 368 g/mol. The van der Waals surface area contributed by atoms with Crippen molar-refractivity contribution in [3.05, 3.63) is 47.5 Å². The number of hydrogen-bond acceptors (Lipinski definition) is 5. The van der Waals surface area contributed by atoms with Crippen LogP contribution in [0.5, 0.6) is 11.5 Å². The van der Waals surface area contributed by atoms with Crippen LogP contribution in [0.15, 0.2) is 36.4 Å². The minimum atomic E-state index is -4.83. The molecule has 0 unspecified atom stereocenters. The molecule has 0 atom stereocenters. The smallest absolute Gasteiger partial charge is 0.399 e. The first-order chi connectivity index (χ1) is 11.5. The largest absolute Gasteiger partial charge is 0.420 e. The Labute approximate surface area is 136 Å². The highest BCUT2D eigenvalue weighted by atomic mass is 19.4. The van der Waals surface area contributed by atoms with E-state index < -0.39 is 35.0 Å². The maximum atomic E-state index is 12.8. The molecule has 0 aliphatic heterocycles. The fraction of sp³-hybridized carbons (Fsp3) is 0.143. The summed E-state index contributed by atoms with van der Waals surface area (Å²) in [4.78, 5) is 8.65. The van der Waals surface area contributed by atoms with E-state index in [1.165, 1.54) is 0 Å². The van der Waals surface area contributed by atoms with Crippen LogP contribution in [0.4, 0.5) is 37.7 Å². The molecule has 0 aliphatic rings. The summed E-state index contributed by atoms with van der Waals surface area (Å²) in [6.45, 7) is 0. The number of anilines is 2. The molecule has 0 bridgehead atoms. The number of nitrogen functional groups attached to an aromatic ring is 2. The number of hydrogen-bond donors (Lipinski definition) is 2. The van der Waals surface area contributed by atoms with E-state index in [0.717, 1.165) is 24.3 Å². The third-order valence-electron chi connectivity index (χ3n) is 2.87. The summed E-state index contributed by atoms with van der Waals surface area (Å²) in [6, 6.07) is 4.97. The van der Waals surface area contributed by atoms with Crippen molar-refractivity contribution < 1.29 is 41.2 Å². The Morgan fingerprint density at radius 1 is 0.640 bits per heavy atom. The summed E-state index contributed by atoms with van der Waals surface area (Å²) >= 11 is 0. The lowest BCUT2D eigenvalue weighted by Gasteiger charge is -2.14. The first-order valence-corrected chi connectivity index (χ1v) is 6.43. The molecule has 5 nitrogen and oxygen atoms in total. The Kier molecular flexibility index (Phi) is 4.88. The summed E-state index contributed by atoms with van der Waals surface area (Å²) in [7, 11) is 0. The Hall–Kier alpha value is -2.82. The van der Waals surface area contributed by atoms with Crippen LogP contribution in [0.25, 0.3) is 0 Å². The quantitative estimate of drug-likeness (QED) is 0.366. The van der Waals surface area contributed by atoms with Gasteiger partial charge in [-0.15, -0.1) is 0 Å². The van der Waals surface area contributed by atoms with E-state index >= 15 is 0 Å². The maximum absolute atomic E-state index is 12.8. The minimum Gasteiger partial charge on any atom is -0.399 e. The molecule has 2 aromatic carbocycles. The Bertz CT molecular complexity index is 698. The fourth-order valence-corrected chi connectivity index (χ4v) is 1.77. The molecule has 0 saturated heterocycles. The number of benzene rings is 2. The fourth-order valence-electron chi connectivity index (χ4n) is 1.77. The van der Waals surface area contributed by atoms with Gasteiger partial charge in [0, 0.05) is 16.4 Å². The van der Waals surface area contributed by atoms with Gasteiger partial charge in [-0.05, 0) is 36.4 Å². The minimum absolute atomic E-state index is 0.196. The zero-order valence-corrected chi connectivity index (χ0v) is 12.1. The lowest BCUT2D eigenvalue weighted by molar-refractivity contribution is -0.413. The van der Waals surface area contributed by atoms with Crippen molar-refractivity contribution >= 4 is 11.4 Å². The second-order valence-electron chi connectivity index (χ2n) is 4.74. The van der Waals surface area contributed by atoms with Crippen LogP contribution in [-0.2, 0) is 17.4 Å². The second-order valence-corrected chi connectivity index (χ2v) is 4.74. The van der Waals surface area contributed by atoms with Crippen molar-refractivity contribution in [1.29, 1.82) is 0 Å². The first-order valence-electron chi connectivity index (χ1n) is 6.43. The lowest BCUT2D eigenvalue weighted by Crippen LogP contribution is -2.13. The van der Waals surface area contributed by atoms with Crippen molar-refractivity contribution in [2.75, 3.05) is 11.5 Å². The van der Waals surface area contributed by atoms with Gasteiger partial charge in [0.25, 0.3) is 0 Å². The first kappa shape index (κ1) is 18.5. The van der Waals surface area contributed by atoms with Gasteiger partial charge in [-0.2, -0.15) is 26.3 Å². The van der Waals surface area contributed by atoms with Crippen LogP contribution in [0.1, 0.15) is 11.1 Å². The zero-order valence-electron chi connectivity index (χ0n) is 12.1. The normalized spacial score (nSPS) is 12.1. The highest BCUT2D eigenvalue weighted by Crippen LogP contribution is 2.39. The molecule has 25 heavy (non-hydrogen) atoms. The van der Waals surface area contributed by atoms with E-state index in [4.69, 9.17) is 11.5 Å². The van der Waals surface area contributed by atoms with Gasteiger partial charge < -0.3 is 11.5 Å². The average Bonchev–Trinajstić information content (AvgIpc) is 2.48. The molecule has 0 aromatic heterocycles. The van der Waals surface area contributed by atoms with E-state index in [1.807, 2.05) is 0 Å². The summed E-state index contributed by atoms with van der Waals surface area (Å²) in [5.41, 5.74) is 7.56. The standard InChI is InChI=1S/C14H10F6N2O3/c15-13(16,17)9-5-7(21)1-3-11(9)23-25-24-12-4-2-8(22)6-10(12)14(18,19)20/h1-6H,21-22H2. The van der Waals surface area contributed by atoms with Crippen LogP contribution >= 0.6 is 0 Å². The van der Waals surface area contributed by atoms with Crippen LogP contribution in [0.2, 0.25) is 0 Å². The number of halogens is 6. The number of rotatable bonds is 4. The van der Waals surface area contributed by atoms with E-state index in [-0.39, 0.29) is 11.4 Å². The number of nitrogens with two attached hydrogens (primary N) is 2. The Morgan fingerprint density at radius 2 is 1.00 bits per heavy atom. The van der Waals surface area contributed by atoms with Gasteiger partial charge in [-0.25, -0.2) is 0 Å². The van der Waals surface area contributed by atoms with E-state index in [9.17, 15) is 26.3 Å². The maximum Gasteiger partial charge on any atom is 0.420 e. The average molecular weight is 368 g/mol. The Balaban J connectivity index is 2.18. The molecule has 2 rings (SSSR count). The molecule has 136 valence electrons. The van der Waals surface area contributed by atoms with Crippen LogP contribution in [-0.4, -0.2) is 0 Å². The second kappa shape index (κ2) is 6.59. The molecule has 0 amide bonds. The predicted molar refractivity (Wildman–Crippen MR) is 74.1 cm³/mol. The van der Waals surface area contributed by atoms with Gasteiger partial charge in [0.1, 0.15) is 11.1 Å². The van der Waals surface area contributed by atoms with Crippen LogP contribution in [0, 0.1) is 0 Å². The molecule has 11 heteroatoms. The van der Waals surface area contributed by atoms with Crippen molar-refractivity contribution in [1.82, 2.24) is 0 Å². The third-order valence-corrected chi connectivity index (χ3v) is 2.87. The Morgan fingerprint density at radius 3 is 1.32 bits per heavy atom. The summed E-state index contributed by atoms with van der Waals surface area (Å²) in [6.07, 6.45) is -9.65. The molecule has 0 heterocycles. The van der Waals surface area contributed by atoms with Gasteiger partial charge in [0.15, 0.2) is 11.5 Å². The van der Waals surface area contributed by atoms with E-state index in [2.05, 4.69) is 14.8 Å². The highest BCUT2D eigenvalue weighted by Gasteiger charge is 2.36. The van der Waals surface area contributed by atoms with Gasteiger partial charge in [-0.1, -0.05) is 0 Å². The van der Waals surface area contributed by atoms with E-state index in [1.54, 1.807) is 0 Å². The van der Waals surface area contributed by atoms with Gasteiger partial charge in [0.2, 0.25) is 0 Å². The molecule has 4 N–H and O–H groups in total. The van der Waals surface area contributed by atoms with E-state index in [0.29, 0.717) is 12.1 Å². The zero-order chi connectivity index (χ0) is 18.8. The molecule has 0 saturated carbocycles. The molecule has 2 aromatic rings. The topological polar surface area (TPSA) is 79.7 Å². The molecule has 0 fully saturated rings. The number of alkyl halides is 6. The van der Waals surface area contributed by atoms with Crippen LogP contribution < -0.4 is 21.2 Å². The SMILES string of the molecule is Nc1ccc(OOOc2ccc(N)cc2C(F)(F)F)c(C(F)(F)F)c1. The van der Waals surface area contributed by atoms with Gasteiger partial charge >= 0.3 is 12.4 Å². The van der Waals surface area contributed by atoms with Crippen molar-refractivity contribution in [3.63, 3.8) is 0 Å². The molecule has 0 radical (unpaired) electrons. The highest BCUT2D eigenvalue weighted by molar-refractivity contribution is 5.49. The summed E-state index contributed by atoms with van der Waals surface area (Å²) in [5.74, 6) is -1.68. The van der Waals surface area contributed by atoms with Crippen LogP contribution in [0.3, 0.4) is 0 Å². The summed E-state index contributed by atoms with van der Waals surface area (Å²) < 4.78 is 77.1. The van der Waals surface area contributed by atoms with Crippen molar-refractivity contribution in [2.24, 2.45) is 0 Å². The summed E-state index contributed by atoms with van der Waals surface area (Å²) in [5, 5.41) is 4.08. The van der Waals surface area contributed by atoms with Gasteiger partial charge in [-0.3, -0.25) is 9.78 Å².